The first-order valence-corrected chi connectivity index (χ1v) is 12.9. The number of methoxy groups -OCH3 is 3. The van der Waals surface area contributed by atoms with E-state index in [1.165, 1.54) is 20.4 Å². The van der Waals surface area contributed by atoms with Gasteiger partial charge >= 0.3 is 11.8 Å². The highest BCUT2D eigenvalue weighted by Crippen LogP contribution is 2.30. The molecule has 3 rings (SSSR count). The van der Waals surface area contributed by atoms with Gasteiger partial charge in [0, 0.05) is 6.54 Å². The molecule has 0 aliphatic carbocycles. The van der Waals surface area contributed by atoms with Crippen LogP contribution in [0.4, 0.5) is 5.69 Å². The smallest absolute Gasteiger partial charge is 0.329 e. The average Bonchev–Trinajstić information content (AvgIpc) is 2.98. The number of hydrogen-bond acceptors (Lipinski definition) is 8. The van der Waals surface area contributed by atoms with E-state index in [1.807, 2.05) is 6.07 Å². The SMILES string of the molecule is COc1ccc(CCNC(=O)C(=O)N/N=C\c2ccc(OCC(=O)Nc3cccc(Cl)c3Cl)c(OC)c2)cc1OC. The van der Waals surface area contributed by atoms with Crippen LogP contribution in [0.1, 0.15) is 11.1 Å². The molecule has 13 heteroatoms. The Hall–Kier alpha value is -4.48. The quantitative estimate of drug-likeness (QED) is 0.163. The number of benzene rings is 3. The van der Waals surface area contributed by atoms with E-state index in [-0.39, 0.29) is 18.2 Å². The predicted octanol–water partition coefficient (Wildman–Crippen LogP) is 3.85. The molecule has 0 saturated heterocycles. The number of nitrogens with one attached hydrogen (secondary N) is 3. The van der Waals surface area contributed by atoms with Gasteiger partial charge in [-0.3, -0.25) is 14.4 Å². The summed E-state index contributed by atoms with van der Waals surface area (Å²) < 4.78 is 21.3. The second-order valence-corrected chi connectivity index (χ2v) is 9.03. The van der Waals surface area contributed by atoms with Crippen LogP contribution in [0, 0.1) is 0 Å². The number of rotatable bonds is 12. The van der Waals surface area contributed by atoms with Crippen molar-refractivity contribution in [1.29, 1.82) is 0 Å². The van der Waals surface area contributed by atoms with Gasteiger partial charge in [-0.15, -0.1) is 0 Å². The summed E-state index contributed by atoms with van der Waals surface area (Å²) in [7, 11) is 4.52. The van der Waals surface area contributed by atoms with Crippen LogP contribution in [0.15, 0.2) is 59.7 Å². The third-order valence-corrected chi connectivity index (χ3v) is 6.32. The fourth-order valence-corrected chi connectivity index (χ4v) is 3.81. The minimum atomic E-state index is -0.925. The van der Waals surface area contributed by atoms with Crippen LogP contribution in [0.2, 0.25) is 10.0 Å². The third-order valence-electron chi connectivity index (χ3n) is 5.51. The molecule has 0 bridgehead atoms. The zero-order chi connectivity index (χ0) is 29.8. The molecule has 0 fully saturated rings. The van der Waals surface area contributed by atoms with Gasteiger partial charge in [0.05, 0.1) is 43.3 Å². The van der Waals surface area contributed by atoms with Crippen molar-refractivity contribution in [2.24, 2.45) is 5.10 Å². The van der Waals surface area contributed by atoms with E-state index in [2.05, 4.69) is 21.2 Å². The minimum absolute atomic E-state index is 0.225. The number of hydrogen-bond donors (Lipinski definition) is 3. The molecule has 3 amide bonds. The molecule has 0 aromatic heterocycles. The molecule has 3 aromatic rings. The fraction of sp³-hybridized carbons (Fsp3) is 0.214. The lowest BCUT2D eigenvalue weighted by Crippen LogP contribution is -2.38. The van der Waals surface area contributed by atoms with Gasteiger partial charge in [-0.25, -0.2) is 5.43 Å². The highest BCUT2D eigenvalue weighted by molar-refractivity contribution is 6.44. The highest BCUT2D eigenvalue weighted by atomic mass is 35.5. The number of anilines is 1. The van der Waals surface area contributed by atoms with Crippen molar-refractivity contribution in [2.45, 2.75) is 6.42 Å². The maximum Gasteiger partial charge on any atom is 0.329 e. The monoisotopic (exact) mass is 602 g/mol. The summed E-state index contributed by atoms with van der Waals surface area (Å²) in [6.45, 7) is -0.0852. The van der Waals surface area contributed by atoms with E-state index in [0.717, 1.165) is 5.56 Å². The molecular formula is C28H28Cl2N4O7. The van der Waals surface area contributed by atoms with Crippen molar-refractivity contribution in [2.75, 3.05) is 39.8 Å². The van der Waals surface area contributed by atoms with Crippen LogP contribution in [-0.4, -0.2) is 58.4 Å². The van der Waals surface area contributed by atoms with Crippen LogP contribution < -0.4 is 35.0 Å². The number of hydrazone groups is 1. The average molecular weight is 603 g/mol. The van der Waals surface area contributed by atoms with Crippen molar-refractivity contribution >= 4 is 52.8 Å². The maximum absolute atomic E-state index is 12.3. The summed E-state index contributed by atoms with van der Waals surface area (Å²) in [6, 6.07) is 15.1. The topological polar surface area (TPSA) is 137 Å². The Morgan fingerprint density at radius 2 is 1.56 bits per heavy atom. The van der Waals surface area contributed by atoms with Crippen LogP contribution in [0.3, 0.4) is 0 Å². The van der Waals surface area contributed by atoms with Crippen LogP contribution in [0.5, 0.6) is 23.0 Å². The molecule has 3 N–H and O–H groups in total. The molecular weight excluding hydrogens is 575 g/mol. The Labute approximate surface area is 246 Å². The summed E-state index contributed by atoms with van der Waals surface area (Å²) in [4.78, 5) is 36.5. The minimum Gasteiger partial charge on any atom is -0.493 e. The van der Waals surface area contributed by atoms with Crippen LogP contribution in [-0.2, 0) is 20.8 Å². The Morgan fingerprint density at radius 1 is 0.854 bits per heavy atom. The van der Waals surface area contributed by atoms with Gasteiger partial charge in [0.25, 0.3) is 5.91 Å². The first-order chi connectivity index (χ1) is 19.7. The molecule has 0 unspecified atom stereocenters. The zero-order valence-electron chi connectivity index (χ0n) is 22.5. The lowest BCUT2D eigenvalue weighted by atomic mass is 10.1. The molecule has 0 atom stereocenters. The molecule has 41 heavy (non-hydrogen) atoms. The van der Waals surface area contributed by atoms with E-state index in [0.29, 0.717) is 45.7 Å². The summed E-state index contributed by atoms with van der Waals surface area (Å²) >= 11 is 12.0. The normalized spacial score (nSPS) is 10.6. The number of amides is 3. The van der Waals surface area contributed by atoms with Crippen molar-refractivity contribution in [3.63, 3.8) is 0 Å². The van der Waals surface area contributed by atoms with Crippen molar-refractivity contribution in [3.8, 4) is 23.0 Å². The van der Waals surface area contributed by atoms with Crippen LogP contribution in [0.25, 0.3) is 0 Å². The number of nitrogens with zero attached hydrogens (tertiary/aromatic N) is 1. The molecule has 0 saturated carbocycles. The fourth-order valence-electron chi connectivity index (χ4n) is 3.47. The molecule has 0 aliphatic heterocycles. The second kappa shape index (κ2) is 15.3. The summed E-state index contributed by atoms with van der Waals surface area (Å²) in [5, 5.41) is 9.51. The maximum atomic E-state index is 12.3. The predicted molar refractivity (Wildman–Crippen MR) is 156 cm³/mol. The van der Waals surface area contributed by atoms with E-state index in [4.69, 9.17) is 42.1 Å². The zero-order valence-corrected chi connectivity index (χ0v) is 24.0. The first-order valence-electron chi connectivity index (χ1n) is 12.1. The lowest BCUT2D eigenvalue weighted by molar-refractivity contribution is -0.139. The van der Waals surface area contributed by atoms with Crippen molar-refractivity contribution in [1.82, 2.24) is 10.7 Å². The second-order valence-electron chi connectivity index (χ2n) is 8.24. The Kier molecular flexibility index (Phi) is 11.6. The molecule has 0 radical (unpaired) electrons. The van der Waals surface area contributed by atoms with Gasteiger partial charge in [0.15, 0.2) is 29.6 Å². The van der Waals surface area contributed by atoms with Crippen molar-refractivity contribution in [3.05, 3.63) is 75.8 Å². The number of carbonyl (C=O) groups is 3. The molecule has 11 nitrogen and oxygen atoms in total. The standard InChI is InChI=1S/C28H28Cl2N4O7/c1-38-21-9-7-17(13-23(21)39-2)11-12-31-27(36)28(37)34-32-15-18-8-10-22(24(14-18)40-3)41-16-25(35)33-20-6-4-5-19(29)26(20)30/h4-10,13-15H,11-12,16H2,1-3H3,(H,31,36)(H,33,35)(H,34,37)/b32-15-. The number of ether oxygens (including phenoxy) is 4. The van der Waals surface area contributed by atoms with Gasteiger partial charge in [-0.05, 0) is 60.0 Å². The summed E-state index contributed by atoms with van der Waals surface area (Å²) in [5.41, 5.74) is 3.97. The third kappa shape index (κ3) is 9.02. The van der Waals surface area contributed by atoms with E-state index >= 15 is 0 Å². The van der Waals surface area contributed by atoms with Gasteiger partial charge in [0.2, 0.25) is 0 Å². The molecule has 0 heterocycles. The van der Waals surface area contributed by atoms with Gasteiger partial charge in [0.1, 0.15) is 0 Å². The largest absolute Gasteiger partial charge is 0.493 e. The Balaban J connectivity index is 1.47. The Bertz CT molecular complexity index is 1430. The number of halogens is 2. The highest BCUT2D eigenvalue weighted by Gasteiger charge is 2.13. The van der Waals surface area contributed by atoms with Gasteiger partial charge in [-0.1, -0.05) is 35.3 Å². The van der Waals surface area contributed by atoms with E-state index < -0.39 is 17.7 Å². The molecule has 216 valence electrons. The number of carbonyl (C=O) groups excluding carboxylic acids is 3. The summed E-state index contributed by atoms with van der Waals surface area (Å²) in [6.07, 6.45) is 1.81. The van der Waals surface area contributed by atoms with E-state index in [1.54, 1.807) is 55.6 Å². The first kappa shape index (κ1) is 31.1. The van der Waals surface area contributed by atoms with Crippen LogP contribution >= 0.6 is 23.2 Å². The van der Waals surface area contributed by atoms with Gasteiger partial charge < -0.3 is 29.6 Å². The molecule has 3 aromatic carbocycles. The Morgan fingerprint density at radius 3 is 2.29 bits per heavy atom. The molecule has 0 aliphatic rings. The molecule has 0 spiro atoms. The van der Waals surface area contributed by atoms with Crippen molar-refractivity contribution < 1.29 is 33.3 Å². The van der Waals surface area contributed by atoms with Gasteiger partial charge in [-0.2, -0.15) is 5.10 Å². The summed E-state index contributed by atoms with van der Waals surface area (Å²) in [5.74, 6) is -0.416. The lowest BCUT2D eigenvalue weighted by Gasteiger charge is -2.12. The van der Waals surface area contributed by atoms with E-state index in [9.17, 15) is 14.4 Å².